The summed E-state index contributed by atoms with van der Waals surface area (Å²) in [7, 11) is 3.22. The number of nitrogens with one attached hydrogen (secondary N) is 1. The molecule has 6 nitrogen and oxygen atoms in total. The van der Waals surface area contributed by atoms with Crippen LogP contribution in [0.15, 0.2) is 71.4 Å². The van der Waals surface area contributed by atoms with E-state index in [2.05, 4.69) is 23.5 Å². The smallest absolute Gasteiger partial charge is 0.244 e. The van der Waals surface area contributed by atoms with Crippen molar-refractivity contribution >= 4 is 22.4 Å². The van der Waals surface area contributed by atoms with Crippen molar-refractivity contribution in [3.05, 3.63) is 83.6 Å². The van der Waals surface area contributed by atoms with Crippen molar-refractivity contribution < 1.29 is 23.4 Å². The minimum absolute atomic E-state index is 0.159. The highest BCUT2D eigenvalue weighted by molar-refractivity contribution is 6.01. The normalized spacial score (nSPS) is 11.4. The van der Waals surface area contributed by atoms with Crippen molar-refractivity contribution in [3.63, 3.8) is 0 Å². The number of benzene rings is 3. The van der Waals surface area contributed by atoms with Crippen LogP contribution in [-0.4, -0.2) is 33.3 Å². The maximum absolute atomic E-state index is 12.8. The lowest BCUT2D eigenvalue weighted by Gasteiger charge is -2.15. The molecule has 0 bridgehead atoms. The van der Waals surface area contributed by atoms with E-state index in [0.29, 0.717) is 31.1 Å². The molecule has 0 saturated heterocycles. The van der Waals surface area contributed by atoms with Crippen LogP contribution in [0.5, 0.6) is 17.2 Å². The third kappa shape index (κ3) is 5.64. The molecular weight excluding hydrogens is 466 g/mol. The number of rotatable bonds is 10. The molecule has 0 saturated carbocycles. The predicted octanol–water partition coefficient (Wildman–Crippen LogP) is 6.59. The first-order valence-electron chi connectivity index (χ1n) is 12.4. The highest BCUT2D eigenvalue weighted by Crippen LogP contribution is 2.40. The average molecular weight is 500 g/mol. The number of ether oxygens (including phenoxy) is 3. The van der Waals surface area contributed by atoms with Gasteiger partial charge in [0.1, 0.15) is 11.3 Å². The number of hydrogen-bond acceptors (Lipinski definition) is 5. The number of amides is 1. The highest BCUT2D eigenvalue weighted by atomic mass is 16.5. The Hall–Kier alpha value is -4.19. The summed E-state index contributed by atoms with van der Waals surface area (Å²) in [6.07, 6.45) is 4.08. The Morgan fingerprint density at radius 1 is 1.03 bits per heavy atom. The topological polar surface area (TPSA) is 69.9 Å². The van der Waals surface area contributed by atoms with Crippen LogP contribution in [0.2, 0.25) is 0 Å². The first kappa shape index (κ1) is 25.9. The van der Waals surface area contributed by atoms with Crippen LogP contribution in [0.1, 0.15) is 30.5 Å². The minimum Gasteiger partial charge on any atom is -0.493 e. The number of fused-ring (bicyclic) bond motifs is 1. The monoisotopic (exact) mass is 499 g/mol. The van der Waals surface area contributed by atoms with Gasteiger partial charge in [0.05, 0.1) is 27.1 Å². The van der Waals surface area contributed by atoms with E-state index in [-0.39, 0.29) is 5.91 Å². The van der Waals surface area contributed by atoms with Crippen molar-refractivity contribution in [1.29, 1.82) is 0 Å². The van der Waals surface area contributed by atoms with Gasteiger partial charge in [0.15, 0.2) is 11.5 Å². The fourth-order valence-electron chi connectivity index (χ4n) is 4.47. The van der Waals surface area contributed by atoms with Gasteiger partial charge in [0.25, 0.3) is 0 Å². The van der Waals surface area contributed by atoms with E-state index in [4.69, 9.17) is 18.6 Å². The molecule has 192 valence electrons. The lowest BCUT2D eigenvalue weighted by molar-refractivity contribution is -0.116. The molecule has 1 N–H and O–H groups in total. The predicted molar refractivity (Wildman–Crippen MR) is 147 cm³/mol. The Morgan fingerprint density at radius 2 is 1.78 bits per heavy atom. The van der Waals surface area contributed by atoms with Crippen LogP contribution in [-0.2, 0) is 11.2 Å². The van der Waals surface area contributed by atoms with Gasteiger partial charge in [-0.15, -0.1) is 0 Å². The van der Waals surface area contributed by atoms with Gasteiger partial charge in [-0.25, -0.2) is 0 Å². The third-order valence-electron chi connectivity index (χ3n) is 6.35. The summed E-state index contributed by atoms with van der Waals surface area (Å²) in [6, 6.07) is 17.9. The number of carbonyl (C=O) groups is 1. The zero-order valence-corrected chi connectivity index (χ0v) is 22.0. The van der Waals surface area contributed by atoms with Crippen LogP contribution in [0.4, 0.5) is 0 Å². The average Bonchev–Trinajstić information content (AvgIpc) is 3.35. The van der Waals surface area contributed by atoms with Gasteiger partial charge in [-0.1, -0.05) is 36.4 Å². The molecule has 0 spiro atoms. The van der Waals surface area contributed by atoms with Gasteiger partial charge in [-0.2, -0.15) is 0 Å². The molecule has 1 amide bonds. The molecule has 0 aliphatic carbocycles. The Kier molecular flexibility index (Phi) is 8.18. The van der Waals surface area contributed by atoms with Crippen LogP contribution in [0.3, 0.4) is 0 Å². The largest absolute Gasteiger partial charge is 0.493 e. The molecule has 1 heterocycles. The number of aryl methyl sites for hydroxylation is 1. The van der Waals surface area contributed by atoms with Gasteiger partial charge in [-0.3, -0.25) is 4.79 Å². The molecule has 0 radical (unpaired) electrons. The molecule has 4 rings (SSSR count). The Morgan fingerprint density at radius 3 is 2.49 bits per heavy atom. The first-order chi connectivity index (χ1) is 18.0. The van der Waals surface area contributed by atoms with E-state index in [1.807, 2.05) is 57.2 Å². The summed E-state index contributed by atoms with van der Waals surface area (Å²) in [5, 5.41) is 3.98. The van der Waals surface area contributed by atoms with Crippen LogP contribution < -0.4 is 19.5 Å². The second-order valence-corrected chi connectivity index (χ2v) is 8.76. The summed E-state index contributed by atoms with van der Waals surface area (Å²) < 4.78 is 22.6. The maximum atomic E-state index is 12.8. The fourth-order valence-corrected chi connectivity index (χ4v) is 4.47. The molecule has 0 aliphatic rings. The minimum atomic E-state index is -0.159. The second-order valence-electron chi connectivity index (χ2n) is 8.76. The van der Waals surface area contributed by atoms with Crippen LogP contribution in [0.25, 0.3) is 27.7 Å². The molecule has 0 fully saturated rings. The molecule has 0 atom stereocenters. The van der Waals surface area contributed by atoms with Gasteiger partial charge in [-0.05, 0) is 62.1 Å². The fraction of sp³-hybridized carbons (Fsp3) is 0.258. The second kappa shape index (κ2) is 11.7. The molecule has 1 aromatic heterocycles. The summed E-state index contributed by atoms with van der Waals surface area (Å²) in [6.45, 7) is 6.88. The highest BCUT2D eigenvalue weighted by Gasteiger charge is 2.19. The quantitative estimate of drug-likeness (QED) is 0.249. The van der Waals surface area contributed by atoms with Gasteiger partial charge < -0.3 is 23.9 Å². The molecular formula is C31H33NO5. The number of allylic oxidation sites excluding steroid dienone is 1. The number of furan rings is 1. The molecule has 3 aromatic carbocycles. The van der Waals surface area contributed by atoms with Crippen molar-refractivity contribution in [1.82, 2.24) is 5.32 Å². The third-order valence-corrected chi connectivity index (χ3v) is 6.35. The number of methoxy groups -OCH3 is 2. The molecule has 4 aromatic rings. The van der Waals surface area contributed by atoms with Gasteiger partial charge in [0, 0.05) is 34.7 Å². The van der Waals surface area contributed by atoms with E-state index < -0.39 is 0 Å². The zero-order valence-electron chi connectivity index (χ0n) is 22.0. The Labute approximate surface area is 217 Å². The molecule has 0 unspecified atom stereocenters. The van der Waals surface area contributed by atoms with Crippen molar-refractivity contribution in [2.75, 3.05) is 27.4 Å². The number of hydrogen-bond donors (Lipinski definition) is 1. The standard InChI is InChI=1S/C31H33NO5/c1-6-36-30-21(3)31-25(26(19-37-31)23-10-8-7-9-11-23)18-24(30)20(2)16-29(33)32-15-14-22-12-13-27(34-4)28(17-22)35-5/h7-13,16-19H,6,14-15H2,1-5H3,(H,32,33)/b20-16+. The van der Waals surface area contributed by atoms with Crippen LogP contribution in [0, 0.1) is 6.92 Å². The van der Waals surface area contributed by atoms with E-state index in [9.17, 15) is 4.79 Å². The number of carbonyl (C=O) groups excluding carboxylic acids is 1. The molecule has 6 heteroatoms. The Bertz CT molecular complexity index is 1420. The van der Waals surface area contributed by atoms with Crippen molar-refractivity contribution in [2.45, 2.75) is 27.2 Å². The zero-order chi connectivity index (χ0) is 26.4. The van der Waals surface area contributed by atoms with Crippen molar-refractivity contribution in [3.8, 4) is 28.4 Å². The van der Waals surface area contributed by atoms with Gasteiger partial charge in [0.2, 0.25) is 5.91 Å². The summed E-state index contributed by atoms with van der Waals surface area (Å²) in [4.78, 5) is 12.8. The summed E-state index contributed by atoms with van der Waals surface area (Å²) in [5.74, 6) is 1.93. The summed E-state index contributed by atoms with van der Waals surface area (Å²) >= 11 is 0. The molecule has 37 heavy (non-hydrogen) atoms. The first-order valence-corrected chi connectivity index (χ1v) is 12.4. The van der Waals surface area contributed by atoms with E-state index in [0.717, 1.165) is 50.1 Å². The lowest BCUT2D eigenvalue weighted by Crippen LogP contribution is -2.23. The van der Waals surface area contributed by atoms with E-state index in [1.165, 1.54) is 0 Å². The lowest BCUT2D eigenvalue weighted by atomic mass is 9.96. The van der Waals surface area contributed by atoms with Gasteiger partial charge >= 0.3 is 0 Å². The summed E-state index contributed by atoms with van der Waals surface area (Å²) in [5.41, 5.74) is 6.53. The SMILES string of the molecule is CCOc1c(/C(C)=C/C(=O)NCCc2ccc(OC)c(OC)c2)cc2c(-c3ccccc3)coc2c1C. The molecule has 0 aliphatic heterocycles. The van der Waals surface area contributed by atoms with Crippen LogP contribution >= 0.6 is 0 Å². The van der Waals surface area contributed by atoms with E-state index >= 15 is 0 Å². The van der Waals surface area contributed by atoms with Crippen molar-refractivity contribution in [2.24, 2.45) is 0 Å². The Balaban J connectivity index is 1.57. The van der Waals surface area contributed by atoms with E-state index in [1.54, 1.807) is 26.6 Å². The maximum Gasteiger partial charge on any atom is 0.244 e.